The van der Waals surface area contributed by atoms with Gasteiger partial charge in [-0.15, -0.1) is 11.6 Å². The van der Waals surface area contributed by atoms with Crippen molar-refractivity contribution in [3.63, 3.8) is 0 Å². The Bertz CT molecular complexity index is 145. The van der Waals surface area contributed by atoms with Gasteiger partial charge in [0.1, 0.15) is 5.38 Å². The van der Waals surface area contributed by atoms with Gasteiger partial charge in [0.2, 0.25) is 0 Å². The van der Waals surface area contributed by atoms with Crippen LogP contribution in [0.1, 0.15) is 6.42 Å². The minimum atomic E-state index is -4.43. The zero-order chi connectivity index (χ0) is 9.07. The minimum absolute atomic E-state index is 0.980. The Labute approximate surface area is 66.3 Å². The highest BCUT2D eigenvalue weighted by atomic mass is 35.5. The maximum Gasteiger partial charge on any atom is 0.391 e. The summed E-state index contributed by atoms with van der Waals surface area (Å²) in [4.78, 5) is 10.3. The van der Waals surface area contributed by atoms with Gasteiger partial charge >= 0.3 is 12.1 Å². The van der Waals surface area contributed by atoms with Crippen LogP contribution in [0.15, 0.2) is 0 Å². The van der Waals surface area contributed by atoms with Crippen LogP contribution < -0.4 is 0 Å². The van der Waals surface area contributed by atoms with E-state index >= 15 is 0 Å². The second kappa shape index (κ2) is 3.80. The number of hydrogen-bond donors (Lipinski definition) is 0. The zero-order valence-corrected chi connectivity index (χ0v) is 6.37. The predicted molar refractivity (Wildman–Crippen MR) is 32.3 cm³/mol. The molecule has 0 bridgehead atoms. The Morgan fingerprint density at radius 1 is 1.64 bits per heavy atom. The Kier molecular flexibility index (Phi) is 3.65. The van der Waals surface area contributed by atoms with E-state index in [1.807, 2.05) is 0 Å². The van der Waals surface area contributed by atoms with Crippen molar-refractivity contribution < 1.29 is 22.7 Å². The fourth-order valence-electron chi connectivity index (χ4n) is 0.414. The molecule has 0 aromatic heterocycles. The van der Waals surface area contributed by atoms with E-state index in [1.54, 1.807) is 0 Å². The molecule has 0 aromatic rings. The lowest BCUT2D eigenvalue weighted by atomic mass is 10.3. The molecule has 0 aliphatic rings. The molecule has 0 rings (SSSR count). The van der Waals surface area contributed by atoms with Gasteiger partial charge in [-0.25, -0.2) is 0 Å². The first-order valence-corrected chi connectivity index (χ1v) is 3.09. The lowest BCUT2D eigenvalue weighted by molar-refractivity contribution is -0.154. The third-order valence-corrected chi connectivity index (χ3v) is 1.20. The van der Waals surface area contributed by atoms with Crippen LogP contribution in [0.4, 0.5) is 13.2 Å². The van der Waals surface area contributed by atoms with Gasteiger partial charge < -0.3 is 4.74 Å². The molecule has 0 fully saturated rings. The summed E-state index contributed by atoms with van der Waals surface area (Å²) >= 11 is 5.02. The number of esters is 1. The van der Waals surface area contributed by atoms with E-state index in [1.165, 1.54) is 0 Å². The summed E-state index contributed by atoms with van der Waals surface area (Å²) < 4.78 is 38.5. The molecule has 2 nitrogen and oxygen atoms in total. The average molecular weight is 191 g/mol. The molecule has 0 radical (unpaired) electrons. The molecule has 0 aliphatic carbocycles. The van der Waals surface area contributed by atoms with Gasteiger partial charge in [-0.05, 0) is 0 Å². The molecule has 0 N–H and O–H groups in total. The maximum atomic E-state index is 11.5. The average Bonchev–Trinajstić information content (AvgIpc) is 1.82. The number of carbonyl (C=O) groups is 1. The van der Waals surface area contributed by atoms with E-state index in [0.717, 1.165) is 7.11 Å². The van der Waals surface area contributed by atoms with Gasteiger partial charge in [-0.2, -0.15) is 13.2 Å². The standard InChI is InChI=1S/C5H6ClF3O2/c1-11-4(10)3(6)2-5(7,8)9/h3H,2H2,1H3. The highest BCUT2D eigenvalue weighted by molar-refractivity contribution is 6.29. The van der Waals surface area contributed by atoms with Crippen molar-refractivity contribution in [2.24, 2.45) is 0 Å². The number of carbonyl (C=O) groups excluding carboxylic acids is 1. The van der Waals surface area contributed by atoms with Crippen LogP contribution >= 0.6 is 11.6 Å². The molecule has 1 unspecified atom stereocenters. The SMILES string of the molecule is COC(=O)C(Cl)CC(F)(F)F. The first-order chi connectivity index (χ1) is 4.87. The number of ether oxygens (including phenoxy) is 1. The second-order valence-electron chi connectivity index (χ2n) is 1.81. The normalized spacial score (nSPS) is 14.3. The molecular weight excluding hydrogens is 184 g/mol. The van der Waals surface area contributed by atoms with Crippen molar-refractivity contribution in [1.29, 1.82) is 0 Å². The smallest absolute Gasteiger partial charge is 0.391 e. The fraction of sp³-hybridized carbons (Fsp3) is 0.800. The van der Waals surface area contributed by atoms with Crippen LogP contribution in [0.2, 0.25) is 0 Å². The molecule has 0 aliphatic heterocycles. The number of halogens is 4. The third kappa shape index (κ3) is 4.89. The van der Waals surface area contributed by atoms with E-state index in [2.05, 4.69) is 4.74 Å². The van der Waals surface area contributed by atoms with E-state index in [0.29, 0.717) is 0 Å². The van der Waals surface area contributed by atoms with E-state index < -0.39 is 23.9 Å². The summed E-state index contributed by atoms with van der Waals surface area (Å²) in [5, 5.41) is -1.64. The van der Waals surface area contributed by atoms with E-state index in [4.69, 9.17) is 11.6 Å². The lowest BCUT2D eigenvalue weighted by Crippen LogP contribution is -2.23. The molecule has 0 heterocycles. The van der Waals surface area contributed by atoms with Crippen LogP contribution in [0.5, 0.6) is 0 Å². The molecule has 0 saturated heterocycles. The molecule has 0 spiro atoms. The quantitative estimate of drug-likeness (QED) is 0.490. The van der Waals surface area contributed by atoms with Crippen molar-refractivity contribution in [1.82, 2.24) is 0 Å². The molecule has 66 valence electrons. The summed E-state index contributed by atoms with van der Waals surface area (Å²) in [5.41, 5.74) is 0. The van der Waals surface area contributed by atoms with Crippen LogP contribution in [0.3, 0.4) is 0 Å². The molecule has 0 amide bonds. The van der Waals surface area contributed by atoms with Gasteiger partial charge in [0.25, 0.3) is 0 Å². The maximum absolute atomic E-state index is 11.5. The summed E-state index contributed by atoms with van der Waals surface area (Å²) in [6, 6.07) is 0. The largest absolute Gasteiger partial charge is 0.468 e. The number of rotatable bonds is 2. The van der Waals surface area contributed by atoms with Crippen molar-refractivity contribution >= 4 is 17.6 Å². The first-order valence-electron chi connectivity index (χ1n) is 2.65. The predicted octanol–water partition coefficient (Wildman–Crippen LogP) is 1.72. The Morgan fingerprint density at radius 3 is 2.36 bits per heavy atom. The summed E-state index contributed by atoms with van der Waals surface area (Å²) in [5.74, 6) is -1.07. The van der Waals surface area contributed by atoms with Crippen molar-refractivity contribution in [3.8, 4) is 0 Å². The van der Waals surface area contributed by atoms with Crippen LogP contribution in [-0.4, -0.2) is 24.6 Å². The van der Waals surface area contributed by atoms with E-state index in [9.17, 15) is 18.0 Å². The lowest BCUT2D eigenvalue weighted by Gasteiger charge is -2.09. The van der Waals surface area contributed by atoms with Crippen molar-refractivity contribution in [3.05, 3.63) is 0 Å². The van der Waals surface area contributed by atoms with Crippen molar-refractivity contribution in [2.75, 3.05) is 7.11 Å². The molecule has 0 aromatic carbocycles. The number of methoxy groups -OCH3 is 1. The highest BCUT2D eigenvalue weighted by Crippen LogP contribution is 2.24. The molecule has 0 saturated carbocycles. The Balaban J connectivity index is 3.87. The van der Waals surface area contributed by atoms with Crippen molar-refractivity contribution in [2.45, 2.75) is 18.0 Å². The van der Waals surface area contributed by atoms with Gasteiger partial charge in [0.05, 0.1) is 13.5 Å². The van der Waals surface area contributed by atoms with E-state index in [-0.39, 0.29) is 0 Å². The van der Waals surface area contributed by atoms with Gasteiger partial charge in [-0.1, -0.05) is 0 Å². The summed E-state index contributed by atoms with van der Waals surface area (Å²) in [7, 11) is 0.980. The van der Waals surface area contributed by atoms with Gasteiger partial charge in [0, 0.05) is 0 Å². The number of hydrogen-bond acceptors (Lipinski definition) is 2. The summed E-state index contributed by atoms with van der Waals surface area (Å²) in [6.07, 6.45) is -5.79. The molecule has 6 heteroatoms. The molecule has 11 heavy (non-hydrogen) atoms. The second-order valence-corrected chi connectivity index (χ2v) is 2.34. The van der Waals surface area contributed by atoms with Gasteiger partial charge in [0.15, 0.2) is 0 Å². The first kappa shape index (κ1) is 10.6. The minimum Gasteiger partial charge on any atom is -0.468 e. The highest BCUT2D eigenvalue weighted by Gasteiger charge is 2.34. The topological polar surface area (TPSA) is 26.3 Å². The zero-order valence-electron chi connectivity index (χ0n) is 5.61. The Hall–Kier alpha value is -0.450. The fourth-order valence-corrected chi connectivity index (χ4v) is 0.678. The Morgan fingerprint density at radius 2 is 2.09 bits per heavy atom. The summed E-state index contributed by atoms with van der Waals surface area (Å²) in [6.45, 7) is 0. The van der Waals surface area contributed by atoms with Crippen LogP contribution in [0.25, 0.3) is 0 Å². The molecule has 1 atom stereocenters. The third-order valence-electron chi connectivity index (χ3n) is 0.868. The van der Waals surface area contributed by atoms with Gasteiger partial charge in [-0.3, -0.25) is 4.79 Å². The van der Waals surface area contributed by atoms with Crippen LogP contribution in [0, 0.1) is 0 Å². The molecular formula is C5H6ClF3O2. The monoisotopic (exact) mass is 190 g/mol. The van der Waals surface area contributed by atoms with Crippen LogP contribution in [-0.2, 0) is 9.53 Å². The number of alkyl halides is 4.